The van der Waals surface area contributed by atoms with Crippen molar-refractivity contribution >= 4 is 21.7 Å². The van der Waals surface area contributed by atoms with Gasteiger partial charge in [-0.3, -0.25) is 14.9 Å². The van der Waals surface area contributed by atoms with E-state index in [9.17, 15) is 14.9 Å². The van der Waals surface area contributed by atoms with Gasteiger partial charge in [-0.05, 0) is 18.4 Å². The van der Waals surface area contributed by atoms with E-state index in [-0.39, 0.29) is 23.0 Å². The predicted octanol–water partition coefficient (Wildman–Crippen LogP) is 3.53. The largest absolute Gasteiger partial charge is 0.299 e. The molecule has 2 rings (SSSR count). The molecule has 0 N–H and O–H groups in total. The van der Waals surface area contributed by atoms with E-state index in [0.29, 0.717) is 0 Å². The summed E-state index contributed by atoms with van der Waals surface area (Å²) >= 11 is 3.20. The fourth-order valence-corrected chi connectivity index (χ4v) is 2.62. The highest BCUT2D eigenvalue weighted by Crippen LogP contribution is 2.41. The van der Waals surface area contributed by atoms with Crippen LogP contribution in [0.2, 0.25) is 0 Å². The van der Waals surface area contributed by atoms with Gasteiger partial charge in [-0.2, -0.15) is 0 Å². The number of ketones is 1. The number of halogens is 1. The third-order valence-electron chi connectivity index (χ3n) is 3.63. The lowest BCUT2D eigenvalue weighted by Crippen LogP contribution is -2.36. The van der Waals surface area contributed by atoms with Gasteiger partial charge in [-0.15, -0.1) is 0 Å². The molecule has 1 aromatic rings. The number of benzene rings is 1. The zero-order chi connectivity index (χ0) is 14.0. The number of nitro groups is 1. The minimum absolute atomic E-state index is 0.126. The molecule has 0 aliphatic heterocycles. The maximum atomic E-state index is 12.0. The van der Waals surface area contributed by atoms with Crippen LogP contribution in [0.4, 0.5) is 0 Å². The zero-order valence-electron chi connectivity index (χ0n) is 10.7. The van der Waals surface area contributed by atoms with Crippen LogP contribution in [0, 0.1) is 16.0 Å². The Morgan fingerprint density at radius 2 is 2.05 bits per heavy atom. The molecule has 2 atom stereocenters. The summed E-state index contributed by atoms with van der Waals surface area (Å²) in [4.78, 5) is 22.9. The molecule has 0 bridgehead atoms. The molecule has 4 nitrogen and oxygen atoms in total. The molecule has 0 spiro atoms. The summed E-state index contributed by atoms with van der Waals surface area (Å²) in [5, 5.41) is 11.3. The Balaban J connectivity index is 2.27. The number of Topliss-reactive ketones (excluding diaryl/α,β-unsaturated/α-hetero) is 1. The topological polar surface area (TPSA) is 60.2 Å². The van der Waals surface area contributed by atoms with Gasteiger partial charge in [0.15, 0.2) is 0 Å². The first-order chi connectivity index (χ1) is 8.93. The molecule has 0 unspecified atom stereocenters. The second-order valence-corrected chi connectivity index (χ2v) is 6.79. The van der Waals surface area contributed by atoms with Crippen molar-refractivity contribution in [1.29, 1.82) is 0 Å². The van der Waals surface area contributed by atoms with Gasteiger partial charge in [-0.1, -0.05) is 30.3 Å². The van der Waals surface area contributed by atoms with Crippen LogP contribution in [0.1, 0.15) is 37.7 Å². The minimum Gasteiger partial charge on any atom is -0.299 e. The Bertz CT molecular complexity index is 483. The molecule has 19 heavy (non-hydrogen) atoms. The van der Waals surface area contributed by atoms with Gasteiger partial charge in [0.1, 0.15) is 5.78 Å². The SMILES string of the molecule is C[C@@](Br)([C@H](CC(=O)C1CC1)c1ccccc1)[N+](=O)[O-]. The number of nitrogens with zero attached hydrogens (tertiary/aromatic N) is 1. The molecule has 1 fully saturated rings. The molecule has 1 aliphatic rings. The fourth-order valence-electron chi connectivity index (χ4n) is 2.19. The molecule has 0 saturated heterocycles. The van der Waals surface area contributed by atoms with Gasteiger partial charge in [0, 0.05) is 40.1 Å². The molecule has 5 heteroatoms. The highest BCUT2D eigenvalue weighted by Gasteiger charge is 2.46. The number of hydrogen-bond acceptors (Lipinski definition) is 3. The lowest BCUT2D eigenvalue weighted by molar-refractivity contribution is -0.535. The molecule has 102 valence electrons. The summed E-state index contributed by atoms with van der Waals surface area (Å²) in [6.07, 6.45) is 2.08. The summed E-state index contributed by atoms with van der Waals surface area (Å²) < 4.78 is -1.32. The third-order valence-corrected chi connectivity index (χ3v) is 4.48. The predicted molar refractivity (Wildman–Crippen MR) is 75.9 cm³/mol. The van der Waals surface area contributed by atoms with Crippen molar-refractivity contribution < 1.29 is 9.72 Å². The summed E-state index contributed by atoms with van der Waals surface area (Å²) in [5.41, 5.74) is 0.826. The first-order valence-corrected chi connectivity index (χ1v) is 7.13. The van der Waals surface area contributed by atoms with Crippen molar-refractivity contribution in [3.05, 3.63) is 46.0 Å². The Hall–Kier alpha value is -1.23. The van der Waals surface area contributed by atoms with Crippen LogP contribution in [0.5, 0.6) is 0 Å². The molecule has 1 saturated carbocycles. The van der Waals surface area contributed by atoms with E-state index in [2.05, 4.69) is 15.9 Å². The number of carbonyl (C=O) groups excluding carboxylic acids is 1. The van der Waals surface area contributed by atoms with Crippen LogP contribution in [-0.4, -0.2) is 15.2 Å². The lowest BCUT2D eigenvalue weighted by Gasteiger charge is -2.25. The van der Waals surface area contributed by atoms with E-state index in [1.165, 1.54) is 6.92 Å². The molecular weight excluding hydrogens is 310 g/mol. The Labute approximate surface area is 120 Å². The van der Waals surface area contributed by atoms with E-state index >= 15 is 0 Å². The van der Waals surface area contributed by atoms with E-state index in [0.717, 1.165) is 18.4 Å². The van der Waals surface area contributed by atoms with Crippen LogP contribution in [0.15, 0.2) is 30.3 Å². The monoisotopic (exact) mass is 325 g/mol. The Morgan fingerprint density at radius 1 is 1.47 bits per heavy atom. The van der Waals surface area contributed by atoms with Gasteiger partial charge in [0.05, 0.1) is 5.92 Å². The first kappa shape index (κ1) is 14.2. The van der Waals surface area contributed by atoms with Crippen LogP contribution >= 0.6 is 15.9 Å². The average Bonchev–Trinajstić information content (AvgIpc) is 3.20. The Morgan fingerprint density at radius 3 is 2.53 bits per heavy atom. The average molecular weight is 326 g/mol. The maximum Gasteiger partial charge on any atom is 0.279 e. The lowest BCUT2D eigenvalue weighted by atomic mass is 9.87. The van der Waals surface area contributed by atoms with E-state index in [1.54, 1.807) is 0 Å². The minimum atomic E-state index is -1.32. The molecule has 0 aromatic heterocycles. The van der Waals surface area contributed by atoms with Crippen LogP contribution in [0.3, 0.4) is 0 Å². The smallest absolute Gasteiger partial charge is 0.279 e. The van der Waals surface area contributed by atoms with Crippen molar-refractivity contribution in [2.75, 3.05) is 0 Å². The second-order valence-electron chi connectivity index (χ2n) is 5.19. The molecular formula is C14H16BrNO3. The van der Waals surface area contributed by atoms with Crippen molar-refractivity contribution in [3.8, 4) is 0 Å². The van der Waals surface area contributed by atoms with Crippen LogP contribution in [0.25, 0.3) is 0 Å². The fraction of sp³-hybridized carbons (Fsp3) is 0.500. The quantitative estimate of drug-likeness (QED) is 0.348. The van der Waals surface area contributed by atoms with E-state index in [1.807, 2.05) is 30.3 Å². The first-order valence-electron chi connectivity index (χ1n) is 6.34. The van der Waals surface area contributed by atoms with Crippen LogP contribution < -0.4 is 0 Å². The van der Waals surface area contributed by atoms with Crippen LogP contribution in [-0.2, 0) is 4.79 Å². The molecule has 0 heterocycles. The maximum absolute atomic E-state index is 12.0. The molecule has 1 aliphatic carbocycles. The third kappa shape index (κ3) is 3.21. The van der Waals surface area contributed by atoms with Gasteiger partial charge >= 0.3 is 0 Å². The number of rotatable bonds is 6. The van der Waals surface area contributed by atoms with Crippen molar-refractivity contribution in [2.24, 2.45) is 5.92 Å². The van der Waals surface area contributed by atoms with Crippen molar-refractivity contribution in [2.45, 2.75) is 36.6 Å². The van der Waals surface area contributed by atoms with Gasteiger partial charge in [0.2, 0.25) is 0 Å². The number of carbonyl (C=O) groups is 1. The normalized spacial score (nSPS) is 19.5. The number of hydrogen-bond donors (Lipinski definition) is 0. The standard InChI is InChI=1S/C14H16BrNO3/c1-14(15,16(18)19)12(9-13(17)11-7-8-11)10-5-3-2-4-6-10/h2-6,11-12H,7-9H2,1H3/t12-,14+/m1/s1. The van der Waals surface area contributed by atoms with Gasteiger partial charge in [-0.25, -0.2) is 0 Å². The summed E-state index contributed by atoms with van der Waals surface area (Å²) in [5.74, 6) is -0.181. The highest BCUT2D eigenvalue weighted by atomic mass is 79.9. The van der Waals surface area contributed by atoms with E-state index in [4.69, 9.17) is 0 Å². The summed E-state index contributed by atoms with van der Waals surface area (Å²) in [6, 6.07) is 9.22. The summed E-state index contributed by atoms with van der Waals surface area (Å²) in [6.45, 7) is 1.52. The van der Waals surface area contributed by atoms with Crippen molar-refractivity contribution in [1.82, 2.24) is 0 Å². The highest BCUT2D eigenvalue weighted by molar-refractivity contribution is 9.10. The summed E-state index contributed by atoms with van der Waals surface area (Å²) in [7, 11) is 0. The van der Waals surface area contributed by atoms with Crippen molar-refractivity contribution in [3.63, 3.8) is 0 Å². The van der Waals surface area contributed by atoms with Gasteiger partial charge < -0.3 is 0 Å². The second kappa shape index (κ2) is 5.41. The van der Waals surface area contributed by atoms with Gasteiger partial charge in [0.25, 0.3) is 4.45 Å². The zero-order valence-corrected chi connectivity index (χ0v) is 12.3. The molecule has 0 radical (unpaired) electrons. The Kier molecular flexibility index (Phi) is 4.04. The molecule has 0 amide bonds. The molecule has 1 aromatic carbocycles. The number of alkyl halides is 1. The van der Waals surface area contributed by atoms with E-state index < -0.39 is 10.4 Å².